The van der Waals surface area contributed by atoms with Crippen LogP contribution in [0, 0.1) is 11.6 Å². The van der Waals surface area contributed by atoms with Crippen molar-refractivity contribution in [3.63, 3.8) is 0 Å². The molecule has 2 aliphatic rings. The van der Waals surface area contributed by atoms with E-state index in [1.807, 2.05) is 30.3 Å². The van der Waals surface area contributed by atoms with Gasteiger partial charge in [-0.3, -0.25) is 4.90 Å². The average Bonchev–Trinajstić information content (AvgIpc) is 3.37. The SMILES string of the molecule is Fc1ccc(C(CCCCCN2CCN(Cc3ccc4c(c3)OCO4)CC2)c2ccc(F)cc2)cc1. The minimum atomic E-state index is -0.229. The van der Waals surface area contributed by atoms with E-state index in [0.29, 0.717) is 6.79 Å². The fraction of sp³-hybridized carbons (Fsp3) is 0.400. The fourth-order valence-corrected chi connectivity index (χ4v) is 5.25. The Labute approximate surface area is 212 Å². The summed E-state index contributed by atoms with van der Waals surface area (Å²) in [4.78, 5) is 5.07. The van der Waals surface area contributed by atoms with Crippen LogP contribution in [0.5, 0.6) is 11.5 Å². The molecule has 0 saturated carbocycles. The fourth-order valence-electron chi connectivity index (χ4n) is 5.25. The standard InChI is InChI=1S/C30H34F2N2O2/c31-26-10-6-24(7-11-26)28(25-8-12-27(32)13-9-25)4-2-1-3-15-33-16-18-34(19-17-33)21-23-5-14-29-30(20-23)36-22-35-29/h5-14,20,28H,1-4,15-19,21-22H2. The van der Waals surface area contributed by atoms with Crippen molar-refractivity contribution in [2.45, 2.75) is 38.1 Å². The number of hydrogen-bond donors (Lipinski definition) is 0. The quantitative estimate of drug-likeness (QED) is 0.315. The summed E-state index contributed by atoms with van der Waals surface area (Å²) in [6.45, 7) is 6.72. The number of benzene rings is 3. The van der Waals surface area contributed by atoms with E-state index in [1.54, 1.807) is 0 Å². The van der Waals surface area contributed by atoms with Gasteiger partial charge in [0.1, 0.15) is 11.6 Å². The average molecular weight is 493 g/mol. The predicted octanol–water partition coefficient (Wildman–Crippen LogP) is 6.20. The van der Waals surface area contributed by atoms with E-state index in [9.17, 15) is 8.78 Å². The van der Waals surface area contributed by atoms with Gasteiger partial charge in [0.25, 0.3) is 0 Å². The molecule has 3 aromatic carbocycles. The molecule has 0 unspecified atom stereocenters. The zero-order valence-electron chi connectivity index (χ0n) is 20.7. The van der Waals surface area contributed by atoms with Crippen LogP contribution in [0.4, 0.5) is 8.78 Å². The number of hydrogen-bond acceptors (Lipinski definition) is 4. The Morgan fingerprint density at radius 3 is 1.94 bits per heavy atom. The van der Waals surface area contributed by atoms with Crippen LogP contribution in [-0.2, 0) is 6.54 Å². The molecule has 2 aliphatic heterocycles. The van der Waals surface area contributed by atoms with Crippen LogP contribution in [0.1, 0.15) is 48.3 Å². The van der Waals surface area contributed by atoms with Crippen molar-refractivity contribution in [2.24, 2.45) is 0 Å². The van der Waals surface area contributed by atoms with E-state index >= 15 is 0 Å². The van der Waals surface area contributed by atoms with Gasteiger partial charge in [0.15, 0.2) is 11.5 Å². The molecule has 6 heteroatoms. The molecule has 0 radical (unpaired) electrons. The highest BCUT2D eigenvalue weighted by Crippen LogP contribution is 2.33. The van der Waals surface area contributed by atoms with Gasteiger partial charge in [0.05, 0.1) is 0 Å². The van der Waals surface area contributed by atoms with Gasteiger partial charge in [0, 0.05) is 38.6 Å². The number of nitrogens with zero attached hydrogens (tertiary/aromatic N) is 2. The first kappa shape index (κ1) is 24.7. The zero-order chi connectivity index (χ0) is 24.7. The molecule has 3 aromatic rings. The van der Waals surface area contributed by atoms with Crippen LogP contribution in [0.3, 0.4) is 0 Å². The van der Waals surface area contributed by atoms with Crippen molar-refractivity contribution >= 4 is 0 Å². The van der Waals surface area contributed by atoms with Crippen LogP contribution >= 0.6 is 0 Å². The molecular formula is C30H34F2N2O2. The maximum atomic E-state index is 13.4. The second-order valence-corrected chi connectivity index (χ2v) is 9.81. The summed E-state index contributed by atoms with van der Waals surface area (Å²) in [5.41, 5.74) is 3.44. The predicted molar refractivity (Wildman–Crippen MR) is 137 cm³/mol. The van der Waals surface area contributed by atoms with Crippen molar-refractivity contribution in [1.29, 1.82) is 0 Å². The maximum Gasteiger partial charge on any atom is 0.231 e. The summed E-state index contributed by atoms with van der Waals surface area (Å²) in [6, 6.07) is 19.7. The summed E-state index contributed by atoms with van der Waals surface area (Å²) >= 11 is 0. The Bertz CT molecular complexity index is 1070. The minimum Gasteiger partial charge on any atom is -0.454 e. The molecule has 1 fully saturated rings. The lowest BCUT2D eigenvalue weighted by Gasteiger charge is -2.34. The number of fused-ring (bicyclic) bond motifs is 1. The zero-order valence-corrected chi connectivity index (χ0v) is 20.7. The summed E-state index contributed by atoms with van der Waals surface area (Å²) in [5, 5.41) is 0. The van der Waals surface area contributed by atoms with Crippen LogP contribution < -0.4 is 9.47 Å². The third kappa shape index (κ3) is 6.42. The summed E-state index contributed by atoms with van der Waals surface area (Å²) in [6.07, 6.45) is 4.38. The van der Waals surface area contributed by atoms with Gasteiger partial charge in [-0.05, 0) is 72.5 Å². The highest BCUT2D eigenvalue weighted by atomic mass is 19.1. The Balaban J connectivity index is 1.04. The largest absolute Gasteiger partial charge is 0.454 e. The summed E-state index contributed by atoms with van der Waals surface area (Å²) in [7, 11) is 0. The molecule has 0 atom stereocenters. The lowest BCUT2D eigenvalue weighted by Crippen LogP contribution is -2.46. The molecule has 190 valence electrons. The van der Waals surface area contributed by atoms with Crippen LogP contribution in [0.15, 0.2) is 66.7 Å². The van der Waals surface area contributed by atoms with Crippen molar-refractivity contribution < 1.29 is 18.3 Å². The smallest absolute Gasteiger partial charge is 0.231 e. The van der Waals surface area contributed by atoms with Crippen molar-refractivity contribution in [3.05, 3.63) is 95.1 Å². The first-order chi connectivity index (χ1) is 17.6. The van der Waals surface area contributed by atoms with Crippen molar-refractivity contribution in [2.75, 3.05) is 39.5 Å². The number of piperazine rings is 1. The molecule has 2 heterocycles. The van der Waals surface area contributed by atoms with E-state index in [-0.39, 0.29) is 17.6 Å². The third-order valence-corrected chi connectivity index (χ3v) is 7.32. The molecule has 0 aromatic heterocycles. The van der Waals surface area contributed by atoms with Gasteiger partial charge in [-0.25, -0.2) is 8.78 Å². The van der Waals surface area contributed by atoms with E-state index in [4.69, 9.17) is 9.47 Å². The number of ether oxygens (including phenoxy) is 2. The second kappa shape index (κ2) is 11.8. The molecule has 5 rings (SSSR count). The van der Waals surface area contributed by atoms with Gasteiger partial charge in [-0.2, -0.15) is 0 Å². The van der Waals surface area contributed by atoms with E-state index in [2.05, 4.69) is 21.9 Å². The Kier molecular flexibility index (Phi) is 8.14. The van der Waals surface area contributed by atoms with Gasteiger partial charge < -0.3 is 14.4 Å². The number of halogens is 2. The Hall–Kier alpha value is -2.96. The first-order valence-electron chi connectivity index (χ1n) is 13.0. The Morgan fingerprint density at radius 2 is 1.28 bits per heavy atom. The summed E-state index contributed by atoms with van der Waals surface area (Å²) < 4.78 is 37.8. The number of unbranched alkanes of at least 4 members (excludes halogenated alkanes) is 2. The lowest BCUT2D eigenvalue weighted by molar-refractivity contribution is 0.125. The summed E-state index contributed by atoms with van der Waals surface area (Å²) in [5.74, 6) is 1.39. The van der Waals surface area contributed by atoms with Gasteiger partial charge in [-0.15, -0.1) is 0 Å². The van der Waals surface area contributed by atoms with Gasteiger partial charge >= 0.3 is 0 Å². The lowest BCUT2D eigenvalue weighted by atomic mass is 9.87. The molecule has 0 N–H and O–H groups in total. The number of rotatable bonds is 10. The van der Waals surface area contributed by atoms with Gasteiger partial charge in [-0.1, -0.05) is 43.2 Å². The topological polar surface area (TPSA) is 24.9 Å². The molecule has 1 saturated heterocycles. The third-order valence-electron chi connectivity index (χ3n) is 7.32. The van der Waals surface area contributed by atoms with Gasteiger partial charge in [0.2, 0.25) is 6.79 Å². The van der Waals surface area contributed by atoms with Crippen LogP contribution in [-0.4, -0.2) is 49.3 Å². The monoisotopic (exact) mass is 492 g/mol. The van der Waals surface area contributed by atoms with E-state index in [0.717, 1.165) is 81.2 Å². The molecular weight excluding hydrogens is 458 g/mol. The van der Waals surface area contributed by atoms with E-state index < -0.39 is 0 Å². The van der Waals surface area contributed by atoms with Crippen molar-refractivity contribution in [3.8, 4) is 11.5 Å². The highest BCUT2D eigenvalue weighted by molar-refractivity contribution is 5.44. The maximum absolute atomic E-state index is 13.4. The molecule has 0 aliphatic carbocycles. The molecule has 0 amide bonds. The second-order valence-electron chi connectivity index (χ2n) is 9.81. The molecule has 36 heavy (non-hydrogen) atoms. The van der Waals surface area contributed by atoms with Crippen LogP contribution in [0.25, 0.3) is 0 Å². The highest BCUT2D eigenvalue weighted by Gasteiger charge is 2.19. The Morgan fingerprint density at radius 1 is 0.667 bits per heavy atom. The molecule has 4 nitrogen and oxygen atoms in total. The molecule has 0 bridgehead atoms. The molecule has 0 spiro atoms. The van der Waals surface area contributed by atoms with Crippen molar-refractivity contribution in [1.82, 2.24) is 9.80 Å². The first-order valence-corrected chi connectivity index (χ1v) is 13.0. The van der Waals surface area contributed by atoms with Crippen LogP contribution in [0.2, 0.25) is 0 Å². The normalized spacial score (nSPS) is 16.1. The van der Waals surface area contributed by atoms with E-state index in [1.165, 1.54) is 36.2 Å². The minimum absolute atomic E-state index is 0.158.